The highest BCUT2D eigenvalue weighted by atomic mass is 35.5. The zero-order valence-corrected chi connectivity index (χ0v) is 14.6. The largest absolute Gasteiger partial charge is 0.370 e. The molecule has 1 amide bonds. The van der Waals surface area contributed by atoms with Crippen molar-refractivity contribution in [2.45, 2.75) is 32.4 Å². The number of hydrogen-bond donors (Lipinski definition) is 0. The number of carbonyl (C=O) groups is 1. The van der Waals surface area contributed by atoms with Gasteiger partial charge in [0.05, 0.1) is 13.2 Å². The van der Waals surface area contributed by atoms with E-state index in [2.05, 4.69) is 16.5 Å². The number of rotatable bonds is 5. The Balaban J connectivity index is 1.57. The fourth-order valence-electron chi connectivity index (χ4n) is 2.99. The number of benzene rings is 1. The summed E-state index contributed by atoms with van der Waals surface area (Å²) < 4.78 is 7.87. The first-order valence-corrected chi connectivity index (χ1v) is 8.70. The highest BCUT2D eigenvalue weighted by Crippen LogP contribution is 2.24. The van der Waals surface area contributed by atoms with Crippen LogP contribution < -0.4 is 0 Å². The van der Waals surface area contributed by atoms with Crippen molar-refractivity contribution in [3.05, 3.63) is 53.1 Å². The average molecular weight is 348 g/mol. The molecule has 1 fully saturated rings. The van der Waals surface area contributed by atoms with Gasteiger partial charge < -0.3 is 14.2 Å². The number of imidazole rings is 1. The molecule has 0 saturated carbocycles. The van der Waals surface area contributed by atoms with Gasteiger partial charge in [0, 0.05) is 43.3 Å². The summed E-state index contributed by atoms with van der Waals surface area (Å²) in [5.41, 5.74) is 1.06. The van der Waals surface area contributed by atoms with Crippen LogP contribution in [0.2, 0.25) is 5.02 Å². The second-order valence-corrected chi connectivity index (χ2v) is 6.33. The molecular formula is C18H22ClN3O2. The van der Waals surface area contributed by atoms with Crippen LogP contribution >= 0.6 is 11.6 Å². The molecule has 2 heterocycles. The maximum Gasteiger partial charge on any atom is 0.224 e. The third-order valence-electron chi connectivity index (χ3n) is 4.35. The number of halogens is 1. The van der Waals surface area contributed by atoms with E-state index in [1.165, 1.54) is 0 Å². The van der Waals surface area contributed by atoms with Gasteiger partial charge in [0.25, 0.3) is 0 Å². The van der Waals surface area contributed by atoms with Crippen molar-refractivity contribution >= 4 is 17.5 Å². The molecule has 0 unspecified atom stereocenters. The summed E-state index contributed by atoms with van der Waals surface area (Å²) in [5, 5.41) is 0.703. The molecule has 0 spiro atoms. The second-order valence-electron chi connectivity index (χ2n) is 5.89. The van der Waals surface area contributed by atoms with Crippen LogP contribution in [0.1, 0.15) is 30.8 Å². The summed E-state index contributed by atoms with van der Waals surface area (Å²) in [6.45, 7) is 4.53. The minimum Gasteiger partial charge on any atom is -0.370 e. The van der Waals surface area contributed by atoms with Crippen LogP contribution in [0, 0.1) is 0 Å². The molecule has 1 aliphatic heterocycles. The Morgan fingerprint density at radius 2 is 2.17 bits per heavy atom. The van der Waals surface area contributed by atoms with E-state index in [9.17, 15) is 4.79 Å². The maximum absolute atomic E-state index is 12.5. The highest BCUT2D eigenvalue weighted by molar-refractivity contribution is 6.30. The van der Waals surface area contributed by atoms with Crippen molar-refractivity contribution < 1.29 is 9.53 Å². The van der Waals surface area contributed by atoms with E-state index in [1.807, 2.05) is 35.4 Å². The maximum atomic E-state index is 12.5. The van der Waals surface area contributed by atoms with E-state index in [4.69, 9.17) is 16.3 Å². The molecule has 5 nitrogen and oxygen atoms in total. The van der Waals surface area contributed by atoms with Crippen LogP contribution in [-0.4, -0.2) is 40.1 Å². The zero-order valence-electron chi connectivity index (χ0n) is 13.8. The van der Waals surface area contributed by atoms with Crippen molar-refractivity contribution in [2.75, 3.05) is 19.7 Å². The number of aryl methyl sites for hydroxylation is 2. The van der Waals surface area contributed by atoms with Crippen molar-refractivity contribution in [3.8, 4) is 0 Å². The van der Waals surface area contributed by atoms with Crippen LogP contribution in [0.3, 0.4) is 0 Å². The fraction of sp³-hybridized carbons (Fsp3) is 0.444. The molecule has 1 atom stereocenters. The topological polar surface area (TPSA) is 47.4 Å². The molecule has 1 aliphatic rings. The van der Waals surface area contributed by atoms with Crippen molar-refractivity contribution in [1.29, 1.82) is 0 Å². The molecule has 0 bridgehead atoms. The minimum absolute atomic E-state index is 0.0839. The van der Waals surface area contributed by atoms with Crippen LogP contribution in [0.5, 0.6) is 0 Å². The predicted molar refractivity (Wildman–Crippen MR) is 92.9 cm³/mol. The van der Waals surface area contributed by atoms with Gasteiger partial charge in [0.15, 0.2) is 0 Å². The summed E-state index contributed by atoms with van der Waals surface area (Å²) >= 11 is 5.93. The molecular weight excluding hydrogens is 326 g/mol. The van der Waals surface area contributed by atoms with Gasteiger partial charge in [-0.2, -0.15) is 0 Å². The van der Waals surface area contributed by atoms with Crippen LogP contribution in [0.15, 0.2) is 36.7 Å². The molecule has 0 N–H and O–H groups in total. The lowest BCUT2D eigenvalue weighted by Crippen LogP contribution is -2.42. The molecule has 128 valence electrons. The molecule has 2 aromatic rings. The summed E-state index contributed by atoms with van der Waals surface area (Å²) in [6, 6.07) is 7.62. The van der Waals surface area contributed by atoms with Crippen LogP contribution in [0.25, 0.3) is 0 Å². The number of aromatic nitrogens is 2. The third kappa shape index (κ3) is 3.97. The highest BCUT2D eigenvalue weighted by Gasteiger charge is 2.25. The molecule has 6 heteroatoms. The lowest BCUT2D eigenvalue weighted by molar-refractivity contribution is -0.139. The van der Waals surface area contributed by atoms with Gasteiger partial charge in [-0.05, 0) is 17.7 Å². The third-order valence-corrected chi connectivity index (χ3v) is 4.60. The number of ether oxygens (including phenoxy) is 1. The number of nitrogens with zero attached hydrogens (tertiary/aromatic N) is 3. The van der Waals surface area contributed by atoms with Crippen molar-refractivity contribution in [2.24, 2.45) is 0 Å². The second kappa shape index (κ2) is 7.81. The first-order chi connectivity index (χ1) is 11.7. The van der Waals surface area contributed by atoms with E-state index >= 15 is 0 Å². The first-order valence-electron chi connectivity index (χ1n) is 8.32. The predicted octanol–water partition coefficient (Wildman–Crippen LogP) is 3.09. The Kier molecular flexibility index (Phi) is 5.53. The van der Waals surface area contributed by atoms with Gasteiger partial charge >= 0.3 is 0 Å². The summed E-state index contributed by atoms with van der Waals surface area (Å²) in [7, 11) is 0. The first kappa shape index (κ1) is 17.0. The van der Waals surface area contributed by atoms with Gasteiger partial charge in [0.1, 0.15) is 11.9 Å². The van der Waals surface area contributed by atoms with E-state index in [0.717, 1.165) is 17.8 Å². The number of hydrogen-bond acceptors (Lipinski definition) is 3. The summed E-state index contributed by atoms with van der Waals surface area (Å²) in [6.07, 6.45) is 4.99. The Morgan fingerprint density at radius 1 is 1.38 bits per heavy atom. The van der Waals surface area contributed by atoms with Crippen molar-refractivity contribution in [3.63, 3.8) is 0 Å². The number of morpholine rings is 1. The van der Waals surface area contributed by atoms with E-state index in [-0.39, 0.29) is 12.0 Å². The number of amides is 1. The lowest BCUT2D eigenvalue weighted by Gasteiger charge is -2.33. The van der Waals surface area contributed by atoms with Crippen LogP contribution in [-0.2, 0) is 22.5 Å². The van der Waals surface area contributed by atoms with Crippen LogP contribution in [0.4, 0.5) is 0 Å². The van der Waals surface area contributed by atoms with E-state index in [1.54, 1.807) is 6.20 Å². The Hall–Kier alpha value is -1.85. The van der Waals surface area contributed by atoms with Crippen molar-refractivity contribution in [1.82, 2.24) is 14.5 Å². The Labute approximate surface area is 147 Å². The van der Waals surface area contributed by atoms with Gasteiger partial charge in [-0.25, -0.2) is 4.98 Å². The fourth-order valence-corrected chi connectivity index (χ4v) is 3.11. The normalized spacial score (nSPS) is 17.9. The van der Waals surface area contributed by atoms with Gasteiger partial charge in [-0.3, -0.25) is 4.79 Å². The Morgan fingerprint density at radius 3 is 2.92 bits per heavy atom. The lowest BCUT2D eigenvalue weighted by atomic mass is 10.1. The molecule has 1 saturated heterocycles. The van der Waals surface area contributed by atoms with Gasteiger partial charge in [-0.15, -0.1) is 0 Å². The molecule has 24 heavy (non-hydrogen) atoms. The molecule has 0 aliphatic carbocycles. The van der Waals surface area contributed by atoms with Gasteiger partial charge in [0.2, 0.25) is 5.91 Å². The zero-order chi connectivity index (χ0) is 16.9. The van der Waals surface area contributed by atoms with E-state index in [0.29, 0.717) is 37.7 Å². The number of carbonyl (C=O) groups excluding carboxylic acids is 1. The van der Waals surface area contributed by atoms with Gasteiger partial charge in [-0.1, -0.05) is 30.7 Å². The Bertz CT molecular complexity index is 684. The molecule has 3 rings (SSSR count). The monoisotopic (exact) mass is 347 g/mol. The summed E-state index contributed by atoms with van der Waals surface area (Å²) in [5.74, 6) is 1.18. The van der Waals surface area contributed by atoms with E-state index < -0.39 is 0 Å². The quantitative estimate of drug-likeness (QED) is 0.835. The smallest absolute Gasteiger partial charge is 0.224 e. The molecule has 1 aromatic carbocycles. The molecule has 0 radical (unpaired) electrons. The molecule has 1 aromatic heterocycles. The summed E-state index contributed by atoms with van der Waals surface area (Å²) in [4.78, 5) is 18.7. The SMILES string of the molecule is CCc1nccn1CCC(=O)N1CCO[C@@H](c2ccc(Cl)cc2)C1. The minimum atomic E-state index is -0.0839. The average Bonchev–Trinajstić information content (AvgIpc) is 3.08. The standard InChI is InChI=1S/C18H22ClN3O2/c1-2-17-20-8-10-21(17)9-7-18(23)22-11-12-24-16(13-22)14-3-5-15(19)6-4-14/h3-6,8,10,16H,2,7,9,11-13H2,1H3/t16-/m1/s1.